The van der Waals surface area contributed by atoms with Crippen LogP contribution < -0.4 is 10.2 Å². The smallest absolute Gasteiger partial charge is 0.244 e. The third-order valence-electron chi connectivity index (χ3n) is 5.12. The van der Waals surface area contributed by atoms with Gasteiger partial charge in [0.05, 0.1) is 6.20 Å². The summed E-state index contributed by atoms with van der Waals surface area (Å²) in [5.74, 6) is 1.57. The number of benzene rings is 1. The number of hydrogen-bond acceptors (Lipinski definition) is 5. The van der Waals surface area contributed by atoms with Gasteiger partial charge >= 0.3 is 0 Å². The van der Waals surface area contributed by atoms with Crippen molar-refractivity contribution in [3.8, 4) is 0 Å². The van der Waals surface area contributed by atoms with Crippen LogP contribution in [0.3, 0.4) is 0 Å². The van der Waals surface area contributed by atoms with E-state index in [9.17, 15) is 0 Å². The number of aromatic nitrogens is 3. The molecular formula is C19H25N5. The van der Waals surface area contributed by atoms with E-state index in [4.69, 9.17) is 4.98 Å². The van der Waals surface area contributed by atoms with Crippen molar-refractivity contribution in [2.75, 3.05) is 16.8 Å². The van der Waals surface area contributed by atoms with Crippen LogP contribution in [-0.2, 0) is 6.42 Å². The maximum atomic E-state index is 4.76. The highest BCUT2D eigenvalue weighted by Crippen LogP contribution is 2.32. The monoisotopic (exact) mass is 323 g/mol. The zero-order valence-electron chi connectivity index (χ0n) is 14.1. The second-order valence-corrected chi connectivity index (χ2v) is 6.85. The van der Waals surface area contributed by atoms with Crippen LogP contribution in [0.4, 0.5) is 17.5 Å². The summed E-state index contributed by atoms with van der Waals surface area (Å²) >= 11 is 0. The number of aryl methyl sites for hydroxylation is 1. The normalized spacial score (nSPS) is 18.8. The van der Waals surface area contributed by atoms with Gasteiger partial charge in [-0.25, -0.2) is 0 Å². The van der Waals surface area contributed by atoms with Crippen LogP contribution in [0.1, 0.15) is 50.5 Å². The van der Waals surface area contributed by atoms with Crippen LogP contribution in [0, 0.1) is 0 Å². The largest absolute Gasteiger partial charge is 0.350 e. The number of nitrogens with zero attached hydrogens (tertiary/aromatic N) is 4. The maximum Gasteiger partial charge on any atom is 0.244 e. The Morgan fingerprint density at radius 3 is 2.71 bits per heavy atom. The Balaban J connectivity index is 1.55. The summed E-state index contributed by atoms with van der Waals surface area (Å²) in [5, 5.41) is 11.9. The molecule has 24 heavy (non-hydrogen) atoms. The molecule has 0 radical (unpaired) electrons. The van der Waals surface area contributed by atoms with Crippen LogP contribution in [0.5, 0.6) is 0 Å². The van der Waals surface area contributed by atoms with Gasteiger partial charge in [-0.2, -0.15) is 10.1 Å². The lowest BCUT2D eigenvalue weighted by atomic mass is 10.0. The third kappa shape index (κ3) is 3.35. The van der Waals surface area contributed by atoms with Gasteiger partial charge in [-0.15, -0.1) is 5.10 Å². The number of anilines is 3. The van der Waals surface area contributed by atoms with Gasteiger partial charge in [0.2, 0.25) is 5.95 Å². The fraction of sp³-hybridized carbons (Fsp3) is 0.526. The highest BCUT2D eigenvalue weighted by Gasteiger charge is 2.20. The highest BCUT2D eigenvalue weighted by molar-refractivity contribution is 5.65. The minimum Gasteiger partial charge on any atom is -0.350 e. The minimum absolute atomic E-state index is 0.484. The van der Waals surface area contributed by atoms with E-state index in [2.05, 4.69) is 44.7 Å². The topological polar surface area (TPSA) is 53.9 Å². The first-order valence-corrected chi connectivity index (χ1v) is 9.22. The summed E-state index contributed by atoms with van der Waals surface area (Å²) in [7, 11) is 0. The van der Waals surface area contributed by atoms with Gasteiger partial charge in [0.25, 0.3) is 0 Å². The van der Waals surface area contributed by atoms with E-state index in [0.717, 1.165) is 25.2 Å². The molecule has 2 aliphatic rings. The molecule has 0 amide bonds. The lowest BCUT2D eigenvalue weighted by molar-refractivity contribution is 0.612. The van der Waals surface area contributed by atoms with Crippen LogP contribution in [0.25, 0.3) is 0 Å². The molecule has 1 aliphatic heterocycles. The van der Waals surface area contributed by atoms with Gasteiger partial charge < -0.3 is 10.2 Å². The zero-order chi connectivity index (χ0) is 16.2. The fourth-order valence-electron chi connectivity index (χ4n) is 3.86. The molecule has 126 valence electrons. The second-order valence-electron chi connectivity index (χ2n) is 6.85. The number of rotatable bonds is 3. The number of hydrogen-bond donors (Lipinski definition) is 1. The van der Waals surface area contributed by atoms with E-state index in [1.165, 1.54) is 49.8 Å². The molecule has 0 atom stereocenters. The summed E-state index contributed by atoms with van der Waals surface area (Å²) in [6.07, 6.45) is 11.8. The average molecular weight is 323 g/mol. The van der Waals surface area contributed by atoms with Crippen LogP contribution in [0.2, 0.25) is 0 Å². The average Bonchev–Trinajstić information content (AvgIpc) is 2.90. The van der Waals surface area contributed by atoms with Crippen LogP contribution in [-0.4, -0.2) is 27.8 Å². The van der Waals surface area contributed by atoms with Crippen molar-refractivity contribution >= 4 is 17.5 Å². The number of nitrogens with one attached hydrogen (secondary N) is 1. The predicted octanol–water partition coefficient (Wildman–Crippen LogP) is 4.09. The molecule has 2 aromatic rings. The van der Waals surface area contributed by atoms with Gasteiger partial charge in [-0.3, -0.25) is 0 Å². The molecule has 1 aromatic heterocycles. The van der Waals surface area contributed by atoms with Gasteiger partial charge in [0.15, 0.2) is 5.82 Å². The molecule has 1 fully saturated rings. The summed E-state index contributed by atoms with van der Waals surface area (Å²) in [4.78, 5) is 7.03. The van der Waals surface area contributed by atoms with E-state index in [-0.39, 0.29) is 0 Å². The summed E-state index contributed by atoms with van der Waals surface area (Å²) in [5.41, 5.74) is 2.64. The quantitative estimate of drug-likeness (QED) is 0.862. The SMILES string of the molecule is c1ccc2c(c1)CCCN2c1cnnc(NC2CCCCCC2)n1. The summed E-state index contributed by atoms with van der Waals surface area (Å²) in [6, 6.07) is 9.07. The molecule has 0 spiro atoms. The third-order valence-corrected chi connectivity index (χ3v) is 5.12. The van der Waals surface area contributed by atoms with E-state index in [1.807, 2.05) is 0 Å². The molecular weight excluding hydrogens is 298 g/mol. The first kappa shape index (κ1) is 15.4. The minimum atomic E-state index is 0.484. The Kier molecular flexibility index (Phi) is 4.58. The number of fused-ring (bicyclic) bond motifs is 1. The lowest BCUT2D eigenvalue weighted by Gasteiger charge is -2.30. The zero-order valence-corrected chi connectivity index (χ0v) is 14.1. The molecule has 5 nitrogen and oxygen atoms in total. The van der Waals surface area contributed by atoms with Gasteiger partial charge in [0, 0.05) is 18.3 Å². The second kappa shape index (κ2) is 7.16. The van der Waals surface area contributed by atoms with Crippen LogP contribution >= 0.6 is 0 Å². The highest BCUT2D eigenvalue weighted by atomic mass is 15.3. The summed E-state index contributed by atoms with van der Waals surface area (Å²) < 4.78 is 0. The molecule has 1 saturated carbocycles. The molecule has 1 N–H and O–H groups in total. The fourth-order valence-corrected chi connectivity index (χ4v) is 3.86. The van der Waals surface area contributed by atoms with Crippen molar-refractivity contribution in [2.24, 2.45) is 0 Å². The molecule has 0 saturated heterocycles. The Hall–Kier alpha value is -2.17. The van der Waals surface area contributed by atoms with Crippen molar-refractivity contribution in [3.63, 3.8) is 0 Å². The lowest BCUT2D eigenvalue weighted by Crippen LogP contribution is -2.26. The molecule has 2 heterocycles. The summed E-state index contributed by atoms with van der Waals surface area (Å²) in [6.45, 7) is 0.985. The van der Waals surface area contributed by atoms with Crippen molar-refractivity contribution in [2.45, 2.75) is 57.4 Å². The molecule has 1 aliphatic carbocycles. The molecule has 4 rings (SSSR count). The van der Waals surface area contributed by atoms with Gasteiger partial charge in [0.1, 0.15) is 0 Å². The van der Waals surface area contributed by atoms with E-state index in [1.54, 1.807) is 6.20 Å². The molecule has 5 heteroatoms. The Labute approximate surface area is 143 Å². The van der Waals surface area contributed by atoms with Crippen molar-refractivity contribution in [3.05, 3.63) is 36.0 Å². The molecule has 0 unspecified atom stereocenters. The predicted molar refractivity (Wildman–Crippen MR) is 96.7 cm³/mol. The first-order valence-electron chi connectivity index (χ1n) is 9.22. The molecule has 1 aromatic carbocycles. The Morgan fingerprint density at radius 2 is 1.83 bits per heavy atom. The van der Waals surface area contributed by atoms with Gasteiger partial charge in [-0.1, -0.05) is 43.9 Å². The van der Waals surface area contributed by atoms with E-state index < -0.39 is 0 Å². The Bertz CT molecular complexity index is 679. The Morgan fingerprint density at radius 1 is 1.00 bits per heavy atom. The molecule has 0 bridgehead atoms. The van der Waals surface area contributed by atoms with Crippen LogP contribution in [0.15, 0.2) is 30.5 Å². The first-order chi connectivity index (χ1) is 11.9. The van der Waals surface area contributed by atoms with Crippen molar-refractivity contribution in [1.29, 1.82) is 0 Å². The van der Waals surface area contributed by atoms with Gasteiger partial charge in [-0.05, 0) is 37.3 Å². The van der Waals surface area contributed by atoms with E-state index in [0.29, 0.717) is 12.0 Å². The standard InChI is InChI=1S/C19H25N5/c1-2-4-11-16(10-3-1)21-19-22-18(14-20-23-19)24-13-7-9-15-8-5-6-12-17(15)24/h5-6,8,12,14,16H,1-4,7,9-11,13H2,(H,21,22,23). The number of para-hydroxylation sites is 1. The van der Waals surface area contributed by atoms with Crippen molar-refractivity contribution in [1.82, 2.24) is 15.2 Å². The van der Waals surface area contributed by atoms with Crippen molar-refractivity contribution < 1.29 is 0 Å². The van der Waals surface area contributed by atoms with E-state index >= 15 is 0 Å². The maximum absolute atomic E-state index is 4.76.